The molecular formula is C12H22N4. The topological polar surface area (TPSA) is 56.7 Å². The van der Waals surface area contributed by atoms with Gasteiger partial charge in [-0.1, -0.05) is 38.5 Å². The first-order valence-electron chi connectivity index (χ1n) is 6.38. The Morgan fingerprint density at radius 2 is 1.75 bits per heavy atom. The van der Waals surface area contributed by atoms with Crippen LogP contribution in [0, 0.1) is 5.92 Å². The highest BCUT2D eigenvalue weighted by molar-refractivity contribution is 4.95. The molecular weight excluding hydrogens is 200 g/mol. The van der Waals surface area contributed by atoms with Gasteiger partial charge in [0.05, 0.1) is 6.54 Å². The predicted octanol–water partition coefficient (Wildman–Crippen LogP) is 1.79. The minimum atomic E-state index is 0.480. The first-order valence-corrected chi connectivity index (χ1v) is 6.38. The molecule has 1 aromatic heterocycles. The van der Waals surface area contributed by atoms with Gasteiger partial charge in [-0.3, -0.25) is 0 Å². The summed E-state index contributed by atoms with van der Waals surface area (Å²) in [5.41, 5.74) is 5.60. The maximum atomic E-state index is 5.60. The van der Waals surface area contributed by atoms with E-state index in [-0.39, 0.29) is 0 Å². The molecule has 1 fully saturated rings. The molecule has 2 rings (SSSR count). The normalized spacial score (nSPS) is 18.6. The average Bonchev–Trinajstić information content (AvgIpc) is 2.52. The molecule has 1 aliphatic carbocycles. The highest BCUT2D eigenvalue weighted by atomic mass is 15.3. The molecule has 0 aliphatic heterocycles. The van der Waals surface area contributed by atoms with Crippen molar-refractivity contribution in [3.05, 3.63) is 11.6 Å². The highest BCUT2D eigenvalue weighted by Crippen LogP contribution is 2.25. The molecule has 0 radical (unpaired) electrons. The summed E-state index contributed by atoms with van der Waals surface area (Å²) in [4.78, 5) is 0. The maximum absolute atomic E-state index is 5.60. The summed E-state index contributed by atoms with van der Waals surface area (Å²) >= 11 is 0. The highest BCUT2D eigenvalue weighted by Gasteiger charge is 2.16. The zero-order chi connectivity index (χ0) is 11.4. The third kappa shape index (κ3) is 2.61. The van der Waals surface area contributed by atoms with Crippen molar-refractivity contribution in [3.8, 4) is 0 Å². The van der Waals surface area contributed by atoms with E-state index in [9.17, 15) is 0 Å². The van der Waals surface area contributed by atoms with Crippen molar-refractivity contribution >= 4 is 0 Å². The molecule has 0 bridgehead atoms. The van der Waals surface area contributed by atoms with Crippen LogP contribution in [0.4, 0.5) is 0 Å². The van der Waals surface area contributed by atoms with Gasteiger partial charge in [-0.15, -0.1) is 10.2 Å². The van der Waals surface area contributed by atoms with Crippen LogP contribution in [0.3, 0.4) is 0 Å². The van der Waals surface area contributed by atoms with Crippen LogP contribution in [0.5, 0.6) is 0 Å². The third-order valence-corrected chi connectivity index (χ3v) is 3.68. The van der Waals surface area contributed by atoms with Crippen LogP contribution in [-0.4, -0.2) is 14.8 Å². The summed E-state index contributed by atoms with van der Waals surface area (Å²) in [5, 5.41) is 8.36. The van der Waals surface area contributed by atoms with Crippen LogP contribution in [0.2, 0.25) is 0 Å². The van der Waals surface area contributed by atoms with Gasteiger partial charge in [-0.25, -0.2) is 0 Å². The van der Waals surface area contributed by atoms with Gasteiger partial charge in [0, 0.05) is 13.5 Å². The van der Waals surface area contributed by atoms with Crippen LogP contribution in [0.15, 0.2) is 0 Å². The van der Waals surface area contributed by atoms with Gasteiger partial charge < -0.3 is 10.3 Å². The summed E-state index contributed by atoms with van der Waals surface area (Å²) in [6.45, 7) is 0.480. The van der Waals surface area contributed by atoms with Crippen molar-refractivity contribution < 1.29 is 0 Å². The molecule has 90 valence electrons. The number of nitrogens with two attached hydrogens (primary N) is 1. The van der Waals surface area contributed by atoms with Crippen molar-refractivity contribution in [1.82, 2.24) is 14.8 Å². The first-order chi connectivity index (χ1) is 7.81. The smallest absolute Gasteiger partial charge is 0.146 e. The minimum absolute atomic E-state index is 0.480. The van der Waals surface area contributed by atoms with Crippen molar-refractivity contribution in [1.29, 1.82) is 0 Å². The van der Waals surface area contributed by atoms with Gasteiger partial charge in [-0.05, 0) is 5.92 Å². The van der Waals surface area contributed by atoms with E-state index in [1.54, 1.807) is 0 Å². The zero-order valence-corrected chi connectivity index (χ0v) is 10.2. The summed E-state index contributed by atoms with van der Waals surface area (Å²) < 4.78 is 2.06. The van der Waals surface area contributed by atoms with Crippen LogP contribution in [0.1, 0.15) is 50.2 Å². The maximum Gasteiger partial charge on any atom is 0.146 e. The van der Waals surface area contributed by atoms with E-state index < -0.39 is 0 Å². The minimum Gasteiger partial charge on any atom is -0.324 e. The molecule has 2 N–H and O–H groups in total. The standard InChI is InChI=1S/C12H22N4/c1-16-11(14-15-12(16)9-13)8-10-6-4-2-3-5-7-10/h10H,2-9,13H2,1H3. The molecule has 0 unspecified atom stereocenters. The monoisotopic (exact) mass is 222 g/mol. The van der Waals surface area contributed by atoms with Gasteiger partial charge in [0.1, 0.15) is 11.6 Å². The molecule has 4 nitrogen and oxygen atoms in total. The molecule has 0 atom stereocenters. The van der Waals surface area contributed by atoms with Gasteiger partial charge >= 0.3 is 0 Å². The Labute approximate surface area is 97.2 Å². The second-order valence-electron chi connectivity index (χ2n) is 4.86. The molecule has 0 amide bonds. The third-order valence-electron chi connectivity index (χ3n) is 3.68. The number of hydrogen-bond donors (Lipinski definition) is 1. The summed E-state index contributed by atoms with van der Waals surface area (Å²) in [6, 6.07) is 0. The van der Waals surface area contributed by atoms with E-state index in [0.717, 1.165) is 24.0 Å². The fraction of sp³-hybridized carbons (Fsp3) is 0.833. The van der Waals surface area contributed by atoms with Crippen LogP contribution < -0.4 is 5.73 Å². The Hall–Kier alpha value is -0.900. The second kappa shape index (κ2) is 5.43. The van der Waals surface area contributed by atoms with Crippen molar-refractivity contribution in [2.24, 2.45) is 18.7 Å². The fourth-order valence-corrected chi connectivity index (χ4v) is 2.58. The van der Waals surface area contributed by atoms with E-state index in [4.69, 9.17) is 5.73 Å². The summed E-state index contributed by atoms with van der Waals surface area (Å²) in [7, 11) is 2.02. The average molecular weight is 222 g/mol. The van der Waals surface area contributed by atoms with Gasteiger partial charge in [0.25, 0.3) is 0 Å². The number of rotatable bonds is 3. The second-order valence-corrected chi connectivity index (χ2v) is 4.86. The fourth-order valence-electron chi connectivity index (χ4n) is 2.58. The summed E-state index contributed by atoms with van der Waals surface area (Å²) in [6.07, 6.45) is 9.35. The molecule has 0 aromatic carbocycles. The van der Waals surface area contributed by atoms with Crippen LogP contribution in [0.25, 0.3) is 0 Å². The molecule has 1 aliphatic rings. The molecule has 0 spiro atoms. The Morgan fingerprint density at radius 1 is 1.12 bits per heavy atom. The van der Waals surface area contributed by atoms with Crippen LogP contribution in [-0.2, 0) is 20.0 Å². The number of nitrogens with zero attached hydrogens (tertiary/aromatic N) is 3. The lowest BCUT2D eigenvalue weighted by Gasteiger charge is -2.12. The van der Waals surface area contributed by atoms with Gasteiger partial charge in [-0.2, -0.15) is 0 Å². The number of aromatic nitrogens is 3. The van der Waals surface area contributed by atoms with Crippen molar-refractivity contribution in [2.45, 2.75) is 51.5 Å². The van der Waals surface area contributed by atoms with E-state index in [2.05, 4.69) is 14.8 Å². The van der Waals surface area contributed by atoms with Gasteiger partial charge in [0.15, 0.2) is 0 Å². The zero-order valence-electron chi connectivity index (χ0n) is 10.2. The first kappa shape index (κ1) is 11.6. The molecule has 0 saturated heterocycles. The van der Waals surface area contributed by atoms with E-state index in [1.807, 2.05) is 7.05 Å². The van der Waals surface area contributed by atoms with Crippen molar-refractivity contribution in [3.63, 3.8) is 0 Å². The quantitative estimate of drug-likeness (QED) is 0.793. The molecule has 1 saturated carbocycles. The Kier molecular flexibility index (Phi) is 3.93. The molecule has 16 heavy (non-hydrogen) atoms. The van der Waals surface area contributed by atoms with E-state index in [0.29, 0.717) is 6.54 Å². The predicted molar refractivity (Wildman–Crippen MR) is 63.8 cm³/mol. The Balaban J connectivity index is 1.99. The molecule has 1 aromatic rings. The lowest BCUT2D eigenvalue weighted by molar-refractivity contribution is 0.441. The molecule has 1 heterocycles. The van der Waals surface area contributed by atoms with Crippen LogP contribution >= 0.6 is 0 Å². The Bertz CT molecular complexity index is 324. The SMILES string of the molecule is Cn1c(CN)nnc1CC1CCCCCC1. The molecule has 4 heteroatoms. The lowest BCUT2D eigenvalue weighted by Crippen LogP contribution is -2.11. The lowest BCUT2D eigenvalue weighted by atomic mass is 9.96. The van der Waals surface area contributed by atoms with E-state index >= 15 is 0 Å². The van der Waals surface area contributed by atoms with Gasteiger partial charge in [0.2, 0.25) is 0 Å². The van der Waals surface area contributed by atoms with Crippen molar-refractivity contribution in [2.75, 3.05) is 0 Å². The number of hydrogen-bond acceptors (Lipinski definition) is 3. The summed E-state index contributed by atoms with van der Waals surface area (Å²) in [5.74, 6) is 2.80. The Morgan fingerprint density at radius 3 is 2.31 bits per heavy atom. The van der Waals surface area contributed by atoms with E-state index in [1.165, 1.54) is 38.5 Å². The largest absolute Gasteiger partial charge is 0.324 e.